The molecular weight excluding hydrogens is 224 g/mol. The van der Waals surface area contributed by atoms with Crippen LogP contribution in [0.15, 0.2) is 18.3 Å². The number of hydrogen-bond donors (Lipinski definition) is 1. The summed E-state index contributed by atoms with van der Waals surface area (Å²) in [6, 6.07) is 3.69. The van der Waals surface area contributed by atoms with Gasteiger partial charge in [-0.05, 0) is 30.5 Å². The summed E-state index contributed by atoms with van der Waals surface area (Å²) >= 11 is 0. The molecule has 0 spiro atoms. The molecule has 3 heteroatoms. The highest BCUT2D eigenvalue weighted by molar-refractivity contribution is 5.83. The molecule has 98 valence electrons. The predicted molar refractivity (Wildman–Crippen MR) is 73.2 cm³/mol. The minimum absolute atomic E-state index is 0.264. The van der Waals surface area contributed by atoms with Crippen LogP contribution in [0.2, 0.25) is 0 Å². The number of nitrogens with zero attached hydrogens (tertiary/aromatic N) is 1. The van der Waals surface area contributed by atoms with Gasteiger partial charge >= 0.3 is 0 Å². The van der Waals surface area contributed by atoms with Crippen molar-refractivity contribution < 1.29 is 4.79 Å². The first-order chi connectivity index (χ1) is 8.75. The Morgan fingerprint density at radius 1 is 1.22 bits per heavy atom. The van der Waals surface area contributed by atoms with E-state index in [4.69, 9.17) is 5.73 Å². The molecule has 1 aliphatic carbocycles. The zero-order chi connectivity index (χ0) is 12.8. The topological polar surface area (TPSA) is 56.0 Å². The second-order valence-corrected chi connectivity index (χ2v) is 5.27. The lowest BCUT2D eigenvalue weighted by atomic mass is 9.86. The van der Waals surface area contributed by atoms with E-state index in [-0.39, 0.29) is 5.92 Å². The van der Waals surface area contributed by atoms with Gasteiger partial charge in [0.25, 0.3) is 0 Å². The maximum Gasteiger partial charge on any atom is 0.140 e. The van der Waals surface area contributed by atoms with E-state index in [0.29, 0.717) is 18.0 Å². The molecule has 18 heavy (non-hydrogen) atoms. The number of anilines is 1. The van der Waals surface area contributed by atoms with E-state index in [0.717, 1.165) is 18.4 Å². The van der Waals surface area contributed by atoms with E-state index in [1.165, 1.54) is 32.1 Å². The molecule has 0 radical (unpaired) electrons. The Bertz CT molecular complexity index is 395. The molecule has 2 rings (SSSR count). The van der Waals surface area contributed by atoms with Crippen LogP contribution in [0.4, 0.5) is 5.82 Å². The molecule has 1 aromatic rings. The fourth-order valence-electron chi connectivity index (χ4n) is 2.73. The molecule has 0 bridgehead atoms. The molecule has 3 nitrogen and oxygen atoms in total. The maximum absolute atomic E-state index is 12.3. The lowest BCUT2D eigenvalue weighted by Gasteiger charge is -2.18. The van der Waals surface area contributed by atoms with E-state index in [1.807, 2.05) is 6.07 Å². The number of nitrogen functional groups attached to an aromatic ring is 1. The van der Waals surface area contributed by atoms with Gasteiger partial charge in [0.1, 0.15) is 11.6 Å². The summed E-state index contributed by atoms with van der Waals surface area (Å²) in [5.74, 6) is 1.14. The summed E-state index contributed by atoms with van der Waals surface area (Å²) in [4.78, 5) is 16.2. The maximum atomic E-state index is 12.3. The summed E-state index contributed by atoms with van der Waals surface area (Å²) < 4.78 is 0. The van der Waals surface area contributed by atoms with Gasteiger partial charge in [-0.1, -0.05) is 32.1 Å². The quantitative estimate of drug-likeness (QED) is 0.891. The van der Waals surface area contributed by atoms with Crippen LogP contribution in [0.1, 0.15) is 50.5 Å². The number of pyridine rings is 1. The van der Waals surface area contributed by atoms with Crippen LogP contribution in [-0.2, 0) is 11.2 Å². The van der Waals surface area contributed by atoms with Crippen LogP contribution in [0.5, 0.6) is 0 Å². The third kappa shape index (κ3) is 3.83. The van der Waals surface area contributed by atoms with E-state index in [2.05, 4.69) is 4.98 Å². The van der Waals surface area contributed by atoms with Gasteiger partial charge in [0.15, 0.2) is 0 Å². The summed E-state index contributed by atoms with van der Waals surface area (Å²) in [5.41, 5.74) is 6.63. The summed E-state index contributed by atoms with van der Waals surface area (Å²) in [6.45, 7) is 0. The zero-order valence-electron chi connectivity index (χ0n) is 10.9. The van der Waals surface area contributed by atoms with E-state index < -0.39 is 0 Å². The number of carbonyl (C=O) groups is 1. The van der Waals surface area contributed by atoms with Gasteiger partial charge in [-0.15, -0.1) is 0 Å². The molecule has 0 unspecified atom stereocenters. The van der Waals surface area contributed by atoms with Gasteiger partial charge in [0.2, 0.25) is 0 Å². The number of hydrogen-bond acceptors (Lipinski definition) is 3. The molecule has 1 heterocycles. The van der Waals surface area contributed by atoms with Crippen molar-refractivity contribution in [3.8, 4) is 0 Å². The van der Waals surface area contributed by atoms with Crippen molar-refractivity contribution in [1.29, 1.82) is 0 Å². The fraction of sp³-hybridized carbons (Fsp3) is 0.600. The second-order valence-electron chi connectivity index (χ2n) is 5.27. The lowest BCUT2D eigenvalue weighted by Crippen LogP contribution is -2.18. The molecular formula is C15H22N2O. The van der Waals surface area contributed by atoms with Crippen LogP contribution < -0.4 is 5.73 Å². The Hall–Kier alpha value is -1.38. The normalized spacial score (nSPS) is 18.0. The van der Waals surface area contributed by atoms with Crippen LogP contribution in [0.3, 0.4) is 0 Å². The molecule has 1 aliphatic rings. The van der Waals surface area contributed by atoms with Gasteiger partial charge in [-0.25, -0.2) is 4.98 Å². The molecule has 0 amide bonds. The third-order valence-electron chi connectivity index (χ3n) is 3.78. The van der Waals surface area contributed by atoms with Gasteiger partial charge in [-0.3, -0.25) is 4.79 Å². The van der Waals surface area contributed by atoms with Crippen molar-refractivity contribution in [3.05, 3.63) is 23.9 Å². The minimum Gasteiger partial charge on any atom is -0.384 e. The standard InChI is InChI=1S/C15H22N2O/c16-15-11-12(8-9-17-15)10-14(18)13-6-4-2-1-3-5-7-13/h8-9,11,13H,1-7,10H2,(H2,16,17). The highest BCUT2D eigenvalue weighted by Crippen LogP contribution is 2.24. The van der Waals surface area contributed by atoms with Gasteiger partial charge in [0, 0.05) is 18.5 Å². The van der Waals surface area contributed by atoms with Crippen molar-refractivity contribution in [2.45, 2.75) is 51.4 Å². The first-order valence-electron chi connectivity index (χ1n) is 6.99. The fourth-order valence-corrected chi connectivity index (χ4v) is 2.73. The predicted octanol–water partition coefficient (Wildman–Crippen LogP) is 3.14. The van der Waals surface area contributed by atoms with Crippen molar-refractivity contribution in [1.82, 2.24) is 4.98 Å². The van der Waals surface area contributed by atoms with Crippen LogP contribution in [0.25, 0.3) is 0 Å². The number of aromatic nitrogens is 1. The number of nitrogens with two attached hydrogens (primary N) is 1. The van der Waals surface area contributed by atoms with Gasteiger partial charge in [-0.2, -0.15) is 0 Å². The largest absolute Gasteiger partial charge is 0.384 e. The van der Waals surface area contributed by atoms with E-state index >= 15 is 0 Å². The Balaban J connectivity index is 1.93. The summed E-state index contributed by atoms with van der Waals surface area (Å²) in [7, 11) is 0. The Kier molecular flexibility index (Phi) is 4.73. The van der Waals surface area contributed by atoms with Gasteiger partial charge in [0.05, 0.1) is 0 Å². The molecule has 0 aliphatic heterocycles. The van der Waals surface area contributed by atoms with Crippen molar-refractivity contribution in [2.24, 2.45) is 5.92 Å². The first-order valence-corrected chi connectivity index (χ1v) is 6.99. The Morgan fingerprint density at radius 2 is 1.89 bits per heavy atom. The highest BCUT2D eigenvalue weighted by atomic mass is 16.1. The third-order valence-corrected chi connectivity index (χ3v) is 3.78. The molecule has 1 fully saturated rings. The summed E-state index contributed by atoms with van der Waals surface area (Å²) in [5, 5.41) is 0. The lowest BCUT2D eigenvalue weighted by molar-refractivity contribution is -0.122. The monoisotopic (exact) mass is 246 g/mol. The molecule has 1 aromatic heterocycles. The average Bonchev–Trinajstić information content (AvgIpc) is 2.28. The Morgan fingerprint density at radius 3 is 2.56 bits per heavy atom. The smallest absolute Gasteiger partial charge is 0.140 e. The van der Waals surface area contributed by atoms with E-state index in [9.17, 15) is 4.79 Å². The van der Waals surface area contributed by atoms with Crippen molar-refractivity contribution in [2.75, 3.05) is 5.73 Å². The van der Waals surface area contributed by atoms with Crippen LogP contribution >= 0.6 is 0 Å². The molecule has 0 aromatic carbocycles. The number of carbonyl (C=O) groups excluding carboxylic acids is 1. The number of rotatable bonds is 3. The number of ketones is 1. The highest BCUT2D eigenvalue weighted by Gasteiger charge is 2.19. The van der Waals surface area contributed by atoms with E-state index in [1.54, 1.807) is 12.3 Å². The van der Waals surface area contributed by atoms with Crippen LogP contribution in [-0.4, -0.2) is 10.8 Å². The first kappa shape index (κ1) is 13.1. The minimum atomic E-state index is 0.264. The molecule has 0 saturated heterocycles. The van der Waals surface area contributed by atoms with Gasteiger partial charge < -0.3 is 5.73 Å². The van der Waals surface area contributed by atoms with Crippen LogP contribution in [0, 0.1) is 5.92 Å². The SMILES string of the molecule is Nc1cc(CC(=O)C2CCCCCCC2)ccn1. The zero-order valence-corrected chi connectivity index (χ0v) is 10.9. The summed E-state index contributed by atoms with van der Waals surface area (Å²) in [6.07, 6.45) is 10.6. The Labute approximate surface area is 109 Å². The van der Waals surface area contributed by atoms with Crippen molar-refractivity contribution in [3.63, 3.8) is 0 Å². The average molecular weight is 246 g/mol. The molecule has 1 saturated carbocycles. The van der Waals surface area contributed by atoms with Crippen molar-refractivity contribution >= 4 is 11.6 Å². The number of Topliss-reactive ketones (excluding diaryl/α,β-unsaturated/α-hetero) is 1. The molecule has 0 atom stereocenters. The second kappa shape index (κ2) is 6.53. The molecule has 2 N–H and O–H groups in total.